The quantitative estimate of drug-likeness (QED) is 0.620. The Hall–Kier alpha value is -1.24. The highest BCUT2D eigenvalue weighted by Crippen LogP contribution is 2.20. The fourth-order valence-electron chi connectivity index (χ4n) is 1.13. The molecule has 0 fully saturated rings. The predicted octanol–water partition coefficient (Wildman–Crippen LogP) is 2.98. The van der Waals surface area contributed by atoms with Crippen LogP contribution >= 0.6 is 0 Å². The summed E-state index contributed by atoms with van der Waals surface area (Å²) >= 11 is 0. The Bertz CT molecular complexity index is 256. The molecule has 0 atom stereocenters. The van der Waals surface area contributed by atoms with Gasteiger partial charge in [-0.3, -0.25) is 0 Å². The van der Waals surface area contributed by atoms with Crippen molar-refractivity contribution in [2.75, 3.05) is 6.61 Å². The van der Waals surface area contributed by atoms with E-state index in [2.05, 4.69) is 26.2 Å². The van der Waals surface area contributed by atoms with Gasteiger partial charge in [0.25, 0.3) is 0 Å². The van der Waals surface area contributed by atoms with Gasteiger partial charge in [0.15, 0.2) is 0 Å². The van der Waals surface area contributed by atoms with Gasteiger partial charge in [0.2, 0.25) is 0 Å². The van der Waals surface area contributed by atoms with Crippen LogP contribution in [0.3, 0.4) is 0 Å². The fourth-order valence-corrected chi connectivity index (χ4v) is 1.13. The van der Waals surface area contributed by atoms with Gasteiger partial charge in [-0.1, -0.05) is 26.2 Å². The molecule has 1 aliphatic heterocycles. The molecule has 1 heterocycles. The topological polar surface area (TPSA) is 9.23 Å². The zero-order chi connectivity index (χ0) is 8.97. The van der Waals surface area contributed by atoms with Crippen LogP contribution in [0.4, 0.5) is 0 Å². The maximum atomic E-state index is 5.46. The third-order valence-corrected chi connectivity index (χ3v) is 1.92. The summed E-state index contributed by atoms with van der Waals surface area (Å²) in [7, 11) is 0. The number of rotatable bonds is 3. The van der Waals surface area contributed by atoms with Gasteiger partial charge in [0.05, 0.1) is 0 Å². The molecule has 0 unspecified atom stereocenters. The minimum atomic E-state index is 0.690. The van der Waals surface area contributed by atoms with Crippen molar-refractivity contribution < 1.29 is 4.74 Å². The average molecular weight is 162 g/mol. The lowest BCUT2D eigenvalue weighted by atomic mass is 10.1. The molecule has 0 aromatic heterocycles. The molecule has 0 saturated carbocycles. The third kappa shape index (κ3) is 1.67. The average Bonchev–Trinajstić information content (AvgIpc) is 2.16. The molecule has 0 aliphatic carbocycles. The van der Waals surface area contributed by atoms with Gasteiger partial charge in [0.1, 0.15) is 12.4 Å². The summed E-state index contributed by atoms with van der Waals surface area (Å²) in [6.07, 6.45) is 6.67. The van der Waals surface area contributed by atoms with E-state index in [1.54, 1.807) is 12.2 Å². The molecule has 0 N–H and O–H groups in total. The van der Waals surface area contributed by atoms with Gasteiger partial charge in [-0.25, -0.2) is 0 Å². The van der Waals surface area contributed by atoms with E-state index >= 15 is 0 Å². The molecule has 1 aliphatic rings. The normalized spacial score (nSPS) is 16.6. The van der Waals surface area contributed by atoms with Gasteiger partial charge >= 0.3 is 0 Å². The summed E-state index contributed by atoms with van der Waals surface area (Å²) in [6.45, 7) is 10.2. The van der Waals surface area contributed by atoms with Crippen molar-refractivity contribution in [2.45, 2.75) is 13.3 Å². The molecule has 1 nitrogen and oxygen atoms in total. The van der Waals surface area contributed by atoms with E-state index in [1.165, 1.54) is 5.57 Å². The predicted molar refractivity (Wildman–Crippen MR) is 51.7 cm³/mol. The number of hydrogen-bond donors (Lipinski definition) is 0. The maximum Gasteiger partial charge on any atom is 0.126 e. The van der Waals surface area contributed by atoms with Crippen LogP contribution in [0.15, 0.2) is 48.3 Å². The second kappa shape index (κ2) is 3.96. The summed E-state index contributed by atoms with van der Waals surface area (Å²) in [5.41, 5.74) is 2.34. The monoisotopic (exact) mass is 162 g/mol. The first kappa shape index (κ1) is 8.85. The Balaban J connectivity index is 2.96. The molecular formula is C11H14O. The minimum Gasteiger partial charge on any atom is -0.489 e. The van der Waals surface area contributed by atoms with Crippen LogP contribution in [0, 0.1) is 0 Å². The zero-order valence-electron chi connectivity index (χ0n) is 7.47. The van der Waals surface area contributed by atoms with Crippen molar-refractivity contribution in [2.24, 2.45) is 0 Å². The van der Waals surface area contributed by atoms with Gasteiger partial charge in [0, 0.05) is 5.57 Å². The molecular weight excluding hydrogens is 148 g/mol. The number of allylic oxidation sites excluding steroid dienone is 4. The number of hydrogen-bond acceptors (Lipinski definition) is 1. The van der Waals surface area contributed by atoms with Crippen molar-refractivity contribution in [1.82, 2.24) is 0 Å². The van der Waals surface area contributed by atoms with Gasteiger partial charge in [-0.05, 0) is 24.1 Å². The fraction of sp³-hybridized carbons (Fsp3) is 0.273. The largest absolute Gasteiger partial charge is 0.489 e. The van der Waals surface area contributed by atoms with E-state index in [0.29, 0.717) is 6.61 Å². The molecule has 1 heteroatoms. The lowest BCUT2D eigenvalue weighted by molar-refractivity contribution is 0.243. The highest BCUT2D eigenvalue weighted by atomic mass is 16.5. The van der Waals surface area contributed by atoms with Gasteiger partial charge in [-0.15, -0.1) is 0 Å². The first-order chi connectivity index (χ1) is 5.81. The Labute approximate surface area is 73.7 Å². The smallest absolute Gasteiger partial charge is 0.126 e. The highest BCUT2D eigenvalue weighted by Gasteiger charge is 2.08. The lowest BCUT2D eigenvalue weighted by Crippen LogP contribution is -2.04. The van der Waals surface area contributed by atoms with Crippen LogP contribution in [-0.4, -0.2) is 6.61 Å². The summed E-state index contributed by atoms with van der Waals surface area (Å²) in [5, 5.41) is 0. The second-order valence-corrected chi connectivity index (χ2v) is 2.67. The van der Waals surface area contributed by atoms with E-state index in [0.717, 1.165) is 17.8 Å². The molecule has 0 saturated heterocycles. The van der Waals surface area contributed by atoms with E-state index in [-0.39, 0.29) is 0 Å². The molecule has 1 rings (SSSR count). The van der Waals surface area contributed by atoms with Crippen LogP contribution < -0.4 is 0 Å². The van der Waals surface area contributed by atoms with E-state index in [4.69, 9.17) is 4.74 Å². The summed E-state index contributed by atoms with van der Waals surface area (Å²) in [4.78, 5) is 0. The lowest BCUT2D eigenvalue weighted by Gasteiger charge is -2.16. The Morgan fingerprint density at radius 1 is 1.50 bits per heavy atom. The second-order valence-electron chi connectivity index (χ2n) is 2.67. The molecule has 64 valence electrons. The van der Waals surface area contributed by atoms with Crippen LogP contribution in [0.5, 0.6) is 0 Å². The summed E-state index contributed by atoms with van der Waals surface area (Å²) in [5.74, 6) is 0.835. The third-order valence-electron chi connectivity index (χ3n) is 1.92. The summed E-state index contributed by atoms with van der Waals surface area (Å²) in [6, 6.07) is 0. The molecule has 0 radical (unpaired) electrons. The first-order valence-electron chi connectivity index (χ1n) is 4.13. The molecule has 0 amide bonds. The van der Waals surface area contributed by atoms with Crippen molar-refractivity contribution in [3.05, 3.63) is 48.3 Å². The SMILES string of the molecule is C=CC1=C(C=C)OCC(CC)=C1. The Kier molecular flexibility index (Phi) is 2.92. The first-order valence-corrected chi connectivity index (χ1v) is 4.13. The minimum absolute atomic E-state index is 0.690. The van der Waals surface area contributed by atoms with Gasteiger partial charge < -0.3 is 4.74 Å². The van der Waals surface area contributed by atoms with E-state index in [9.17, 15) is 0 Å². The van der Waals surface area contributed by atoms with Crippen molar-refractivity contribution in [3.8, 4) is 0 Å². The van der Waals surface area contributed by atoms with Gasteiger partial charge in [-0.2, -0.15) is 0 Å². The van der Waals surface area contributed by atoms with E-state index < -0.39 is 0 Å². The van der Waals surface area contributed by atoms with Crippen LogP contribution in [0.1, 0.15) is 13.3 Å². The molecule has 0 bridgehead atoms. The Morgan fingerprint density at radius 3 is 2.75 bits per heavy atom. The maximum absolute atomic E-state index is 5.46. The molecule has 12 heavy (non-hydrogen) atoms. The van der Waals surface area contributed by atoms with Crippen molar-refractivity contribution >= 4 is 0 Å². The molecule has 0 aromatic carbocycles. The number of ether oxygens (including phenoxy) is 1. The molecule has 0 spiro atoms. The van der Waals surface area contributed by atoms with Crippen LogP contribution in [-0.2, 0) is 4.74 Å². The standard InChI is InChI=1S/C11H14O/c1-4-9-7-10(5-2)11(6-3)12-8-9/h5-7H,2-4,8H2,1H3. The summed E-state index contributed by atoms with van der Waals surface area (Å²) < 4.78 is 5.46. The highest BCUT2D eigenvalue weighted by molar-refractivity contribution is 5.40. The van der Waals surface area contributed by atoms with Crippen molar-refractivity contribution in [3.63, 3.8) is 0 Å². The Morgan fingerprint density at radius 2 is 2.25 bits per heavy atom. The van der Waals surface area contributed by atoms with Crippen LogP contribution in [0.2, 0.25) is 0 Å². The van der Waals surface area contributed by atoms with Crippen molar-refractivity contribution in [1.29, 1.82) is 0 Å². The van der Waals surface area contributed by atoms with E-state index in [1.807, 2.05) is 0 Å². The molecule has 0 aromatic rings. The van der Waals surface area contributed by atoms with Crippen LogP contribution in [0.25, 0.3) is 0 Å². The zero-order valence-corrected chi connectivity index (χ0v) is 7.47.